The van der Waals surface area contributed by atoms with E-state index in [4.69, 9.17) is 5.11 Å². The average Bonchev–Trinajstić information content (AvgIpc) is 2.15. The largest absolute Gasteiger partial charge is 0.480 e. The second kappa shape index (κ2) is 4.96. The molecule has 1 rings (SSSR count). The highest BCUT2D eigenvalue weighted by Crippen LogP contribution is 2.10. The SMILES string of the molecule is CN(CC(=O)O)N=Nc1ccccc1. The number of carbonyl (C=O) groups is 1. The summed E-state index contributed by atoms with van der Waals surface area (Å²) >= 11 is 0. The first-order valence-electron chi connectivity index (χ1n) is 4.08. The quantitative estimate of drug-likeness (QED) is 0.584. The molecule has 1 aromatic carbocycles. The second-order valence-corrected chi connectivity index (χ2v) is 2.73. The molecule has 0 fully saturated rings. The number of aliphatic carboxylic acids is 1. The van der Waals surface area contributed by atoms with Gasteiger partial charge in [-0.3, -0.25) is 9.80 Å². The van der Waals surface area contributed by atoms with Crippen LogP contribution in [-0.2, 0) is 4.79 Å². The standard InChI is InChI=1S/C9H11N3O2/c1-12(7-9(13)14)11-10-8-5-3-2-4-6-8/h2-6H,7H2,1H3,(H,13,14). The Labute approximate surface area is 81.7 Å². The van der Waals surface area contributed by atoms with Crippen LogP contribution >= 0.6 is 0 Å². The van der Waals surface area contributed by atoms with Crippen molar-refractivity contribution in [1.29, 1.82) is 0 Å². The number of rotatable bonds is 4. The van der Waals surface area contributed by atoms with Crippen LogP contribution in [0.5, 0.6) is 0 Å². The van der Waals surface area contributed by atoms with Crippen molar-refractivity contribution in [3.05, 3.63) is 30.3 Å². The van der Waals surface area contributed by atoms with Gasteiger partial charge >= 0.3 is 5.97 Å². The number of hydrogen-bond donors (Lipinski definition) is 1. The van der Waals surface area contributed by atoms with Gasteiger partial charge in [-0.05, 0) is 12.1 Å². The second-order valence-electron chi connectivity index (χ2n) is 2.73. The molecule has 0 saturated heterocycles. The Bertz CT molecular complexity index is 324. The maximum atomic E-state index is 10.3. The van der Waals surface area contributed by atoms with E-state index in [0.717, 1.165) is 0 Å². The third kappa shape index (κ3) is 3.66. The van der Waals surface area contributed by atoms with Gasteiger partial charge < -0.3 is 5.11 Å². The molecule has 0 aliphatic heterocycles. The van der Waals surface area contributed by atoms with Crippen molar-refractivity contribution < 1.29 is 9.90 Å². The molecule has 0 unspecified atom stereocenters. The number of likely N-dealkylation sites (N-methyl/N-ethyl adjacent to an activating group) is 1. The van der Waals surface area contributed by atoms with Gasteiger partial charge in [0.1, 0.15) is 6.54 Å². The van der Waals surface area contributed by atoms with E-state index < -0.39 is 5.97 Å². The summed E-state index contributed by atoms with van der Waals surface area (Å²) in [7, 11) is 1.56. The van der Waals surface area contributed by atoms with E-state index in [9.17, 15) is 4.79 Å². The Morgan fingerprint density at radius 3 is 2.64 bits per heavy atom. The molecule has 0 radical (unpaired) electrons. The Balaban J connectivity index is 2.52. The monoisotopic (exact) mass is 193 g/mol. The summed E-state index contributed by atoms with van der Waals surface area (Å²) in [6.07, 6.45) is 0. The molecule has 5 heteroatoms. The number of carboxylic acids is 1. The lowest BCUT2D eigenvalue weighted by molar-refractivity contribution is -0.138. The van der Waals surface area contributed by atoms with Crippen LogP contribution in [0.2, 0.25) is 0 Å². The van der Waals surface area contributed by atoms with E-state index >= 15 is 0 Å². The molecule has 0 amide bonds. The van der Waals surface area contributed by atoms with Crippen molar-refractivity contribution in [2.45, 2.75) is 0 Å². The molecule has 14 heavy (non-hydrogen) atoms. The van der Waals surface area contributed by atoms with Crippen molar-refractivity contribution in [2.24, 2.45) is 10.3 Å². The van der Waals surface area contributed by atoms with Crippen LogP contribution in [-0.4, -0.2) is 29.7 Å². The van der Waals surface area contributed by atoms with Crippen molar-refractivity contribution in [1.82, 2.24) is 5.01 Å². The summed E-state index contributed by atoms with van der Waals surface area (Å²) in [4.78, 5) is 10.3. The normalized spacial score (nSPS) is 10.4. The zero-order valence-electron chi connectivity index (χ0n) is 7.79. The van der Waals surface area contributed by atoms with Crippen LogP contribution < -0.4 is 0 Å². The van der Waals surface area contributed by atoms with E-state index in [0.29, 0.717) is 5.69 Å². The summed E-state index contributed by atoms with van der Waals surface area (Å²) in [6, 6.07) is 9.13. The first-order chi connectivity index (χ1) is 6.68. The molecule has 0 aromatic heterocycles. The minimum absolute atomic E-state index is 0.156. The lowest BCUT2D eigenvalue weighted by Crippen LogP contribution is -2.19. The van der Waals surface area contributed by atoms with Gasteiger partial charge in [0.2, 0.25) is 0 Å². The highest BCUT2D eigenvalue weighted by Gasteiger charge is 1.99. The van der Waals surface area contributed by atoms with Crippen LogP contribution in [0.15, 0.2) is 40.7 Å². The van der Waals surface area contributed by atoms with Gasteiger partial charge in [-0.15, -0.1) is 5.11 Å². The Morgan fingerprint density at radius 1 is 1.43 bits per heavy atom. The molecule has 5 nitrogen and oxygen atoms in total. The van der Waals surface area contributed by atoms with Crippen LogP contribution in [0, 0.1) is 0 Å². The average molecular weight is 193 g/mol. The molecule has 1 N–H and O–H groups in total. The third-order valence-corrected chi connectivity index (χ3v) is 1.43. The number of hydrogen-bond acceptors (Lipinski definition) is 3. The Hall–Kier alpha value is -1.91. The molecular formula is C9H11N3O2. The fourth-order valence-corrected chi connectivity index (χ4v) is 0.850. The van der Waals surface area contributed by atoms with Gasteiger partial charge in [-0.2, -0.15) is 0 Å². The van der Waals surface area contributed by atoms with Crippen LogP contribution in [0.4, 0.5) is 5.69 Å². The summed E-state index contributed by atoms with van der Waals surface area (Å²) in [5.74, 6) is -0.931. The molecule has 0 spiro atoms. The fraction of sp³-hybridized carbons (Fsp3) is 0.222. The predicted octanol–water partition coefficient (Wildman–Crippen LogP) is 1.70. The molecule has 0 aliphatic carbocycles. The third-order valence-electron chi connectivity index (χ3n) is 1.43. The van der Waals surface area contributed by atoms with Gasteiger partial charge in [0.05, 0.1) is 5.69 Å². The van der Waals surface area contributed by atoms with Gasteiger partial charge in [0.15, 0.2) is 0 Å². The van der Waals surface area contributed by atoms with Gasteiger partial charge in [-0.25, -0.2) is 0 Å². The van der Waals surface area contributed by atoms with Crippen LogP contribution in [0.1, 0.15) is 0 Å². The first kappa shape index (κ1) is 10.2. The zero-order chi connectivity index (χ0) is 10.4. The molecule has 74 valence electrons. The molecule has 0 bridgehead atoms. The molecule has 0 saturated carbocycles. The first-order valence-corrected chi connectivity index (χ1v) is 4.08. The van der Waals surface area contributed by atoms with Gasteiger partial charge in [-0.1, -0.05) is 23.4 Å². The minimum Gasteiger partial charge on any atom is -0.480 e. The summed E-state index contributed by atoms with van der Waals surface area (Å²) in [6.45, 7) is -0.156. The van der Waals surface area contributed by atoms with E-state index in [1.807, 2.05) is 18.2 Å². The van der Waals surface area contributed by atoms with E-state index in [2.05, 4.69) is 10.3 Å². The molecule has 1 aromatic rings. The Kier molecular flexibility index (Phi) is 3.60. The van der Waals surface area contributed by atoms with Crippen LogP contribution in [0.3, 0.4) is 0 Å². The highest BCUT2D eigenvalue weighted by molar-refractivity contribution is 5.68. The van der Waals surface area contributed by atoms with Crippen molar-refractivity contribution in [3.8, 4) is 0 Å². The fourth-order valence-electron chi connectivity index (χ4n) is 0.850. The number of carboxylic acid groups (broad SMARTS) is 1. The van der Waals surface area contributed by atoms with Gasteiger partial charge in [0, 0.05) is 7.05 Å². The van der Waals surface area contributed by atoms with E-state index in [-0.39, 0.29) is 6.54 Å². The molecule has 0 heterocycles. The van der Waals surface area contributed by atoms with Gasteiger partial charge in [0.25, 0.3) is 0 Å². The van der Waals surface area contributed by atoms with Crippen LogP contribution in [0.25, 0.3) is 0 Å². The molecule has 0 atom stereocenters. The zero-order valence-corrected chi connectivity index (χ0v) is 7.79. The van der Waals surface area contributed by atoms with Crippen molar-refractivity contribution >= 4 is 11.7 Å². The molecular weight excluding hydrogens is 182 g/mol. The summed E-state index contributed by atoms with van der Waals surface area (Å²) in [5, 5.41) is 17.3. The molecule has 0 aliphatic rings. The topological polar surface area (TPSA) is 65.3 Å². The lowest BCUT2D eigenvalue weighted by Gasteiger charge is -2.06. The highest BCUT2D eigenvalue weighted by atomic mass is 16.4. The van der Waals surface area contributed by atoms with Crippen molar-refractivity contribution in [3.63, 3.8) is 0 Å². The smallest absolute Gasteiger partial charge is 0.324 e. The summed E-state index contributed by atoms with van der Waals surface area (Å²) in [5.41, 5.74) is 0.699. The lowest BCUT2D eigenvalue weighted by atomic mass is 10.3. The van der Waals surface area contributed by atoms with Crippen molar-refractivity contribution in [2.75, 3.05) is 13.6 Å². The number of benzene rings is 1. The summed E-state index contributed by atoms with van der Waals surface area (Å²) < 4.78 is 0. The van der Waals surface area contributed by atoms with E-state index in [1.54, 1.807) is 19.2 Å². The maximum Gasteiger partial charge on any atom is 0.324 e. The Morgan fingerprint density at radius 2 is 2.07 bits per heavy atom. The minimum atomic E-state index is -0.931. The number of nitrogens with zero attached hydrogens (tertiary/aromatic N) is 3. The predicted molar refractivity (Wildman–Crippen MR) is 51.2 cm³/mol. The maximum absolute atomic E-state index is 10.3. The van der Waals surface area contributed by atoms with E-state index in [1.165, 1.54) is 5.01 Å².